The van der Waals surface area contributed by atoms with E-state index in [4.69, 9.17) is 4.42 Å². The second-order valence-electron chi connectivity index (χ2n) is 5.67. The van der Waals surface area contributed by atoms with Crippen LogP contribution in [0.3, 0.4) is 0 Å². The molecule has 0 N–H and O–H groups in total. The number of oxazole rings is 1. The lowest BCUT2D eigenvalue weighted by Crippen LogP contribution is -2.11. The molecule has 0 fully saturated rings. The molecule has 3 aromatic rings. The number of para-hydroxylation sites is 2. The minimum Gasteiger partial charge on any atom is -0.435 e. The first-order valence-corrected chi connectivity index (χ1v) is 6.36. The zero-order valence-corrected chi connectivity index (χ0v) is 11.3. The highest BCUT2D eigenvalue weighted by atomic mass is 16.3. The van der Waals surface area contributed by atoms with Crippen molar-refractivity contribution < 1.29 is 4.42 Å². The maximum Gasteiger partial charge on any atom is 0.246 e. The highest BCUT2D eigenvalue weighted by Crippen LogP contribution is 2.27. The smallest absolute Gasteiger partial charge is 0.246 e. The molecule has 1 aromatic carbocycles. The van der Waals surface area contributed by atoms with E-state index >= 15 is 0 Å². The molecule has 2 aromatic heterocycles. The maximum absolute atomic E-state index is 5.75. The summed E-state index contributed by atoms with van der Waals surface area (Å²) in [5.74, 6) is 0.576. The molecule has 19 heavy (non-hydrogen) atoms. The van der Waals surface area contributed by atoms with Gasteiger partial charge in [0.15, 0.2) is 5.58 Å². The van der Waals surface area contributed by atoms with Crippen molar-refractivity contribution in [2.24, 2.45) is 0 Å². The fraction of sp³-hybridized carbons (Fsp3) is 0.250. The molecular formula is C16H16N2O. The van der Waals surface area contributed by atoms with Crippen LogP contribution in [0.4, 0.5) is 0 Å². The third-order valence-corrected chi connectivity index (χ3v) is 3.14. The van der Waals surface area contributed by atoms with Crippen molar-refractivity contribution in [3.05, 3.63) is 48.2 Å². The molecule has 3 heteroatoms. The fourth-order valence-corrected chi connectivity index (χ4v) is 2.00. The Morgan fingerprint density at radius 1 is 1.05 bits per heavy atom. The van der Waals surface area contributed by atoms with Crippen LogP contribution >= 0.6 is 0 Å². The maximum atomic E-state index is 5.75. The van der Waals surface area contributed by atoms with Crippen molar-refractivity contribution in [3.63, 3.8) is 0 Å². The molecule has 0 aliphatic rings. The zero-order chi connectivity index (χ0) is 13.5. The van der Waals surface area contributed by atoms with E-state index in [2.05, 4.69) is 30.7 Å². The number of pyridine rings is 1. The summed E-state index contributed by atoms with van der Waals surface area (Å²) in [5.41, 5.74) is 3.74. The van der Waals surface area contributed by atoms with Gasteiger partial charge in [-0.2, -0.15) is 0 Å². The lowest BCUT2D eigenvalue weighted by atomic mass is 9.87. The molecule has 2 heterocycles. The average Bonchev–Trinajstić information content (AvgIpc) is 2.81. The van der Waals surface area contributed by atoms with E-state index < -0.39 is 0 Å². The summed E-state index contributed by atoms with van der Waals surface area (Å²) in [6.07, 6.45) is 1.81. The first kappa shape index (κ1) is 11.9. The first-order valence-electron chi connectivity index (χ1n) is 6.36. The molecule has 0 spiro atoms. The molecule has 0 saturated heterocycles. The van der Waals surface area contributed by atoms with Crippen molar-refractivity contribution in [3.8, 4) is 11.6 Å². The van der Waals surface area contributed by atoms with Crippen molar-refractivity contribution in [2.75, 3.05) is 0 Å². The van der Waals surface area contributed by atoms with Crippen LogP contribution in [0.5, 0.6) is 0 Å². The molecule has 3 rings (SSSR count). The van der Waals surface area contributed by atoms with Gasteiger partial charge < -0.3 is 4.42 Å². The fourth-order valence-electron chi connectivity index (χ4n) is 2.00. The quantitative estimate of drug-likeness (QED) is 0.652. The first-order chi connectivity index (χ1) is 9.04. The standard InChI is InChI=1S/C16H16N2O/c1-16(2,3)11-8-9-17-13(10-11)15-18-12-6-4-5-7-14(12)19-15/h4-10H,1-3H3. The van der Waals surface area contributed by atoms with Gasteiger partial charge in [0.1, 0.15) is 11.2 Å². The molecule has 0 atom stereocenters. The monoisotopic (exact) mass is 252 g/mol. The molecule has 0 bridgehead atoms. The van der Waals surface area contributed by atoms with Gasteiger partial charge in [0.05, 0.1) is 0 Å². The van der Waals surface area contributed by atoms with Gasteiger partial charge in [-0.1, -0.05) is 32.9 Å². The summed E-state index contributed by atoms with van der Waals surface area (Å²) in [4.78, 5) is 8.84. The number of rotatable bonds is 1. The van der Waals surface area contributed by atoms with E-state index in [-0.39, 0.29) is 5.41 Å². The largest absolute Gasteiger partial charge is 0.435 e. The van der Waals surface area contributed by atoms with Gasteiger partial charge in [0.25, 0.3) is 0 Å². The minimum atomic E-state index is 0.0870. The van der Waals surface area contributed by atoms with Crippen molar-refractivity contribution in [2.45, 2.75) is 26.2 Å². The summed E-state index contributed by atoms with van der Waals surface area (Å²) < 4.78 is 5.75. The van der Waals surface area contributed by atoms with Crippen LogP contribution in [-0.2, 0) is 5.41 Å². The molecule has 0 unspecified atom stereocenters. The molecule has 96 valence electrons. The van der Waals surface area contributed by atoms with Gasteiger partial charge in [-0.15, -0.1) is 0 Å². The van der Waals surface area contributed by atoms with Crippen LogP contribution in [0.15, 0.2) is 47.0 Å². The van der Waals surface area contributed by atoms with Crippen LogP contribution in [0.2, 0.25) is 0 Å². The van der Waals surface area contributed by atoms with Gasteiger partial charge in [0, 0.05) is 6.20 Å². The number of aromatic nitrogens is 2. The molecule has 0 aliphatic carbocycles. The van der Waals surface area contributed by atoms with Crippen molar-refractivity contribution in [1.82, 2.24) is 9.97 Å². The molecule has 0 saturated carbocycles. The summed E-state index contributed by atoms with van der Waals surface area (Å²) >= 11 is 0. The molecule has 0 radical (unpaired) electrons. The number of benzene rings is 1. The number of fused-ring (bicyclic) bond motifs is 1. The minimum absolute atomic E-state index is 0.0870. The van der Waals surface area contributed by atoms with Crippen molar-refractivity contribution >= 4 is 11.1 Å². The SMILES string of the molecule is CC(C)(C)c1ccnc(-c2nc3ccccc3o2)c1. The Labute approximate surface area is 112 Å². The molecule has 0 aliphatic heterocycles. The van der Waals surface area contributed by atoms with Gasteiger partial charge in [0.2, 0.25) is 5.89 Å². The summed E-state index contributed by atoms with van der Waals surface area (Å²) in [5, 5.41) is 0. The predicted octanol–water partition coefficient (Wildman–Crippen LogP) is 4.19. The molecule has 3 nitrogen and oxygen atoms in total. The van der Waals surface area contributed by atoms with E-state index in [0.29, 0.717) is 5.89 Å². The van der Waals surface area contributed by atoms with E-state index in [1.165, 1.54) is 5.56 Å². The van der Waals surface area contributed by atoms with Crippen molar-refractivity contribution in [1.29, 1.82) is 0 Å². The second kappa shape index (κ2) is 4.19. The van der Waals surface area contributed by atoms with Gasteiger partial charge in [-0.05, 0) is 35.2 Å². The number of hydrogen-bond acceptors (Lipinski definition) is 3. The Morgan fingerprint density at radius 2 is 1.84 bits per heavy atom. The van der Waals surface area contributed by atoms with Crippen LogP contribution < -0.4 is 0 Å². The Hall–Kier alpha value is -2.16. The lowest BCUT2D eigenvalue weighted by molar-refractivity contribution is 0.587. The Morgan fingerprint density at radius 3 is 2.58 bits per heavy atom. The van der Waals surface area contributed by atoms with Gasteiger partial charge in [-0.25, -0.2) is 4.98 Å². The van der Waals surface area contributed by atoms with Gasteiger partial charge in [-0.3, -0.25) is 4.98 Å². The van der Waals surface area contributed by atoms with Crippen LogP contribution in [0.1, 0.15) is 26.3 Å². The third kappa shape index (κ3) is 2.24. The second-order valence-corrected chi connectivity index (χ2v) is 5.67. The summed E-state index contributed by atoms with van der Waals surface area (Å²) in [6.45, 7) is 6.54. The molecular weight excluding hydrogens is 236 g/mol. The highest BCUT2D eigenvalue weighted by Gasteiger charge is 2.16. The lowest BCUT2D eigenvalue weighted by Gasteiger charge is -2.18. The summed E-state index contributed by atoms with van der Waals surface area (Å²) in [7, 11) is 0. The number of hydrogen-bond donors (Lipinski definition) is 0. The predicted molar refractivity (Wildman–Crippen MR) is 75.9 cm³/mol. The van der Waals surface area contributed by atoms with Crippen LogP contribution in [0.25, 0.3) is 22.7 Å². The van der Waals surface area contributed by atoms with Crippen LogP contribution in [-0.4, -0.2) is 9.97 Å². The zero-order valence-electron chi connectivity index (χ0n) is 11.3. The normalized spacial score (nSPS) is 11.9. The summed E-state index contributed by atoms with van der Waals surface area (Å²) in [6, 6.07) is 11.8. The Bertz CT molecular complexity index is 690. The molecule has 0 amide bonds. The Kier molecular flexibility index (Phi) is 2.63. The van der Waals surface area contributed by atoms with E-state index in [9.17, 15) is 0 Å². The third-order valence-electron chi connectivity index (χ3n) is 3.14. The average molecular weight is 252 g/mol. The van der Waals surface area contributed by atoms with E-state index in [1.807, 2.05) is 42.6 Å². The number of nitrogens with zero attached hydrogens (tertiary/aromatic N) is 2. The van der Waals surface area contributed by atoms with E-state index in [1.54, 1.807) is 0 Å². The topological polar surface area (TPSA) is 38.9 Å². The van der Waals surface area contributed by atoms with Gasteiger partial charge >= 0.3 is 0 Å². The van der Waals surface area contributed by atoms with E-state index in [0.717, 1.165) is 16.8 Å². The Balaban J connectivity index is 2.11. The highest BCUT2D eigenvalue weighted by molar-refractivity contribution is 5.75. The van der Waals surface area contributed by atoms with Crippen LogP contribution in [0, 0.1) is 0 Å².